The molecule has 2 aromatic carbocycles. The first-order chi connectivity index (χ1) is 16.3. The molecule has 0 fully saturated rings. The number of sulfone groups is 1. The minimum Gasteiger partial charge on any atom is -0.489 e. The number of hydrogen-bond donors (Lipinski definition) is 3. The van der Waals surface area contributed by atoms with Gasteiger partial charge in [0.05, 0.1) is 10.5 Å². The highest BCUT2D eigenvalue weighted by Gasteiger charge is 2.32. The van der Waals surface area contributed by atoms with Crippen LogP contribution in [-0.4, -0.2) is 33.7 Å². The molecule has 1 amide bonds. The van der Waals surface area contributed by atoms with Crippen LogP contribution in [0.3, 0.4) is 0 Å². The molecular formula is C24H34F3N3O4S. The minimum atomic E-state index is -4.44. The maximum atomic E-state index is 12.8. The standard InChI is InChI=1S/C15H13F3O3S.C9H21N3O/c1-22(19,20)13-8-6-12(7-9-13)21-10-11-4-2-3-5-14(11)15(16,17)18;1-4-8(10)6-5-7(2)9(13)12-11-3/h2-9H,10H2,1H3;7-8,11H,4-6,10H2,1-3H3,(H,12,13)/t;7-,8+/m.1/s1. The van der Waals surface area contributed by atoms with Crippen molar-refractivity contribution in [2.24, 2.45) is 11.7 Å². The number of halogens is 3. The largest absolute Gasteiger partial charge is 0.489 e. The maximum Gasteiger partial charge on any atom is 0.416 e. The topological polar surface area (TPSA) is 111 Å². The highest BCUT2D eigenvalue weighted by atomic mass is 32.2. The molecule has 0 aliphatic heterocycles. The Morgan fingerprint density at radius 2 is 1.69 bits per heavy atom. The van der Waals surface area contributed by atoms with E-state index in [4.69, 9.17) is 10.5 Å². The van der Waals surface area contributed by atoms with Crippen LogP contribution >= 0.6 is 0 Å². The molecule has 196 valence electrons. The van der Waals surface area contributed by atoms with Gasteiger partial charge in [-0.15, -0.1) is 0 Å². The van der Waals surface area contributed by atoms with Gasteiger partial charge in [-0.1, -0.05) is 32.0 Å². The van der Waals surface area contributed by atoms with Crippen molar-refractivity contribution in [1.82, 2.24) is 10.9 Å². The predicted octanol–water partition coefficient (Wildman–Crippen LogP) is 4.08. The average molecular weight is 518 g/mol. The highest BCUT2D eigenvalue weighted by molar-refractivity contribution is 7.90. The van der Waals surface area contributed by atoms with Gasteiger partial charge < -0.3 is 10.5 Å². The lowest BCUT2D eigenvalue weighted by Gasteiger charge is -2.13. The molecule has 0 saturated heterocycles. The molecule has 7 nitrogen and oxygen atoms in total. The lowest BCUT2D eigenvalue weighted by atomic mass is 10.0. The lowest BCUT2D eigenvalue weighted by Crippen LogP contribution is -2.38. The average Bonchev–Trinajstić information content (AvgIpc) is 2.80. The van der Waals surface area contributed by atoms with Crippen LogP contribution in [0.1, 0.15) is 44.2 Å². The van der Waals surface area contributed by atoms with Crippen molar-refractivity contribution in [3.8, 4) is 5.75 Å². The highest BCUT2D eigenvalue weighted by Crippen LogP contribution is 2.32. The fourth-order valence-electron chi connectivity index (χ4n) is 2.91. The van der Waals surface area contributed by atoms with E-state index < -0.39 is 21.6 Å². The van der Waals surface area contributed by atoms with Gasteiger partial charge in [0.2, 0.25) is 5.91 Å². The number of alkyl halides is 3. The van der Waals surface area contributed by atoms with Crippen LogP contribution in [0.5, 0.6) is 5.75 Å². The molecule has 0 aliphatic rings. The third kappa shape index (κ3) is 11.1. The molecular weight excluding hydrogens is 483 g/mol. The van der Waals surface area contributed by atoms with Crippen LogP contribution in [0.2, 0.25) is 0 Å². The number of amides is 1. The zero-order chi connectivity index (χ0) is 26.6. The van der Waals surface area contributed by atoms with Gasteiger partial charge in [0.25, 0.3) is 0 Å². The summed E-state index contributed by atoms with van der Waals surface area (Å²) in [6, 6.07) is 10.9. The van der Waals surface area contributed by atoms with Crippen molar-refractivity contribution in [1.29, 1.82) is 0 Å². The molecule has 2 aromatic rings. The van der Waals surface area contributed by atoms with Crippen molar-refractivity contribution in [2.75, 3.05) is 13.3 Å². The summed E-state index contributed by atoms with van der Waals surface area (Å²) in [5.74, 6) is 0.361. The van der Waals surface area contributed by atoms with Crippen LogP contribution in [0, 0.1) is 5.92 Å². The molecule has 35 heavy (non-hydrogen) atoms. The molecule has 0 aromatic heterocycles. The van der Waals surface area contributed by atoms with Gasteiger partial charge in [0.15, 0.2) is 9.84 Å². The monoisotopic (exact) mass is 517 g/mol. The van der Waals surface area contributed by atoms with Crippen molar-refractivity contribution in [2.45, 2.75) is 56.8 Å². The Hall–Kier alpha value is -2.63. The molecule has 4 N–H and O–H groups in total. The van der Waals surface area contributed by atoms with Crippen molar-refractivity contribution in [3.63, 3.8) is 0 Å². The van der Waals surface area contributed by atoms with Gasteiger partial charge >= 0.3 is 6.18 Å². The van der Waals surface area contributed by atoms with Crippen LogP contribution < -0.4 is 21.3 Å². The van der Waals surface area contributed by atoms with E-state index in [1.165, 1.54) is 42.5 Å². The van der Waals surface area contributed by atoms with Crippen molar-refractivity contribution < 1.29 is 31.1 Å². The summed E-state index contributed by atoms with van der Waals surface area (Å²) in [7, 11) is -1.63. The number of hydrazine groups is 1. The van der Waals surface area contributed by atoms with E-state index >= 15 is 0 Å². The minimum absolute atomic E-state index is 0.0159. The van der Waals surface area contributed by atoms with E-state index in [0.717, 1.165) is 31.6 Å². The van der Waals surface area contributed by atoms with E-state index in [1.54, 1.807) is 7.05 Å². The number of ether oxygens (including phenoxy) is 1. The Labute approximate surface area is 205 Å². The smallest absolute Gasteiger partial charge is 0.416 e. The molecule has 11 heteroatoms. The first kappa shape index (κ1) is 30.4. The number of carbonyl (C=O) groups excluding carboxylic acids is 1. The Kier molecular flexibility index (Phi) is 12.2. The summed E-state index contributed by atoms with van der Waals surface area (Å²) in [6.45, 7) is 3.71. The number of rotatable bonds is 10. The predicted molar refractivity (Wildman–Crippen MR) is 129 cm³/mol. The van der Waals surface area contributed by atoms with E-state index in [2.05, 4.69) is 17.8 Å². The molecule has 2 atom stereocenters. The summed E-state index contributed by atoms with van der Waals surface area (Å²) in [5.41, 5.74) is 10.2. The summed E-state index contributed by atoms with van der Waals surface area (Å²) in [4.78, 5) is 11.4. The zero-order valence-electron chi connectivity index (χ0n) is 20.4. The Morgan fingerprint density at radius 1 is 1.09 bits per heavy atom. The molecule has 0 saturated carbocycles. The van der Waals surface area contributed by atoms with Crippen LogP contribution in [-0.2, 0) is 27.4 Å². The fraction of sp³-hybridized carbons (Fsp3) is 0.458. The molecule has 0 heterocycles. The molecule has 0 aliphatic carbocycles. The van der Waals surface area contributed by atoms with Gasteiger partial charge in [-0.25, -0.2) is 13.8 Å². The molecule has 2 rings (SSSR count). The molecule has 0 spiro atoms. The second kappa shape index (κ2) is 14.1. The van der Waals surface area contributed by atoms with Crippen LogP contribution in [0.15, 0.2) is 53.4 Å². The zero-order valence-corrected chi connectivity index (χ0v) is 21.2. The van der Waals surface area contributed by atoms with Crippen LogP contribution in [0.25, 0.3) is 0 Å². The van der Waals surface area contributed by atoms with Gasteiger partial charge in [-0.3, -0.25) is 10.2 Å². The summed E-state index contributed by atoms with van der Waals surface area (Å²) < 4.78 is 66.4. The first-order valence-electron chi connectivity index (χ1n) is 11.1. The fourth-order valence-corrected chi connectivity index (χ4v) is 3.54. The summed E-state index contributed by atoms with van der Waals surface area (Å²) >= 11 is 0. The lowest BCUT2D eigenvalue weighted by molar-refractivity contribution is -0.138. The Balaban J connectivity index is 0.000000405. The number of nitrogens with two attached hydrogens (primary N) is 1. The molecule has 0 radical (unpaired) electrons. The number of nitrogens with one attached hydrogen (secondary N) is 2. The quantitative estimate of drug-likeness (QED) is 0.410. The summed E-state index contributed by atoms with van der Waals surface area (Å²) in [5, 5.41) is 0. The van der Waals surface area contributed by atoms with Gasteiger partial charge in [0.1, 0.15) is 12.4 Å². The van der Waals surface area contributed by atoms with Crippen molar-refractivity contribution in [3.05, 3.63) is 59.7 Å². The number of benzene rings is 2. The Morgan fingerprint density at radius 3 is 2.20 bits per heavy atom. The van der Waals surface area contributed by atoms with Gasteiger partial charge in [0, 0.05) is 30.8 Å². The third-order valence-electron chi connectivity index (χ3n) is 5.16. The Bertz CT molecular complexity index is 1030. The normalized spacial score (nSPS) is 13.3. The first-order valence-corrected chi connectivity index (χ1v) is 13.0. The van der Waals surface area contributed by atoms with Crippen LogP contribution in [0.4, 0.5) is 13.2 Å². The molecule has 0 unspecified atom stereocenters. The second-order valence-electron chi connectivity index (χ2n) is 8.07. The van der Waals surface area contributed by atoms with Gasteiger partial charge in [-0.05, 0) is 49.6 Å². The third-order valence-corrected chi connectivity index (χ3v) is 6.29. The number of hydrogen-bond acceptors (Lipinski definition) is 6. The van der Waals surface area contributed by atoms with E-state index in [-0.39, 0.29) is 34.9 Å². The summed E-state index contributed by atoms with van der Waals surface area (Å²) in [6.07, 6.45) is -0.639. The van der Waals surface area contributed by atoms with Crippen molar-refractivity contribution >= 4 is 15.7 Å². The number of carbonyl (C=O) groups is 1. The maximum absolute atomic E-state index is 12.8. The van der Waals surface area contributed by atoms with Gasteiger partial charge in [-0.2, -0.15) is 13.2 Å². The van der Waals surface area contributed by atoms with E-state index in [1.807, 2.05) is 6.92 Å². The SMILES string of the molecule is CC[C@H](N)CC[C@@H](C)C(=O)NNC.CS(=O)(=O)c1ccc(OCc2ccccc2C(F)(F)F)cc1. The second-order valence-corrected chi connectivity index (χ2v) is 10.1. The van der Waals surface area contributed by atoms with E-state index in [0.29, 0.717) is 5.75 Å². The van der Waals surface area contributed by atoms with E-state index in [9.17, 15) is 26.4 Å². The molecule has 0 bridgehead atoms.